The van der Waals surface area contributed by atoms with Crippen LogP contribution in [0.25, 0.3) is 0 Å². The third kappa shape index (κ3) is 3.99. The highest BCUT2D eigenvalue weighted by Crippen LogP contribution is 2.28. The first-order chi connectivity index (χ1) is 14.8. The van der Waals surface area contributed by atoms with Crippen molar-refractivity contribution in [2.75, 3.05) is 18.6 Å². The standard InChI is InChI=1S/C24H23N3O4/c1-15-23(16(2)27(25-15)13-17-7-5-4-6-8-17)24(30)31-14-21(28)18-9-10-20-19(11-18)12-22(29)26(20)3/h4-11H,12-14H2,1-3H3. The molecule has 0 N–H and O–H groups in total. The number of fused-ring (bicyclic) bond motifs is 1. The lowest BCUT2D eigenvalue weighted by Gasteiger charge is -2.10. The Bertz CT molecular complexity index is 1180. The number of likely N-dealkylation sites (N-methyl/N-ethyl adjacent to an activating group) is 1. The summed E-state index contributed by atoms with van der Waals surface area (Å²) in [6.45, 7) is 3.74. The first-order valence-corrected chi connectivity index (χ1v) is 10.0. The summed E-state index contributed by atoms with van der Waals surface area (Å²) in [5.41, 5.74) is 4.73. The lowest BCUT2D eigenvalue weighted by Crippen LogP contribution is -2.20. The minimum Gasteiger partial charge on any atom is -0.454 e. The second kappa shape index (κ2) is 8.18. The van der Waals surface area contributed by atoms with Gasteiger partial charge in [0.25, 0.3) is 0 Å². The van der Waals surface area contributed by atoms with Crippen molar-refractivity contribution in [3.05, 3.63) is 82.2 Å². The summed E-state index contributed by atoms with van der Waals surface area (Å²) in [6, 6.07) is 14.9. The SMILES string of the molecule is Cc1nn(Cc2ccccc2)c(C)c1C(=O)OCC(=O)c1ccc2c(c1)CC(=O)N2C. The van der Waals surface area contributed by atoms with Crippen LogP contribution in [0.15, 0.2) is 48.5 Å². The number of rotatable bonds is 6. The fourth-order valence-corrected chi connectivity index (χ4v) is 3.83. The molecule has 7 nitrogen and oxygen atoms in total. The molecule has 2 aromatic carbocycles. The first kappa shape index (κ1) is 20.5. The van der Waals surface area contributed by atoms with Gasteiger partial charge in [-0.1, -0.05) is 30.3 Å². The van der Waals surface area contributed by atoms with E-state index in [2.05, 4.69) is 5.10 Å². The zero-order valence-electron chi connectivity index (χ0n) is 17.7. The molecule has 0 aliphatic carbocycles. The average molecular weight is 417 g/mol. The number of Topliss-reactive ketones (excluding diaryl/α,β-unsaturated/α-hetero) is 1. The van der Waals surface area contributed by atoms with Gasteiger partial charge in [-0.3, -0.25) is 14.3 Å². The molecule has 0 atom stereocenters. The number of hydrogen-bond acceptors (Lipinski definition) is 5. The van der Waals surface area contributed by atoms with E-state index in [1.807, 2.05) is 37.3 Å². The third-order valence-electron chi connectivity index (χ3n) is 5.57. The van der Waals surface area contributed by atoms with Crippen molar-refractivity contribution >= 4 is 23.3 Å². The summed E-state index contributed by atoms with van der Waals surface area (Å²) < 4.78 is 7.07. The molecule has 0 saturated heterocycles. The second-order valence-electron chi connectivity index (χ2n) is 7.66. The highest BCUT2D eigenvalue weighted by Gasteiger charge is 2.25. The van der Waals surface area contributed by atoms with Crippen molar-refractivity contribution in [1.82, 2.24) is 9.78 Å². The minimum atomic E-state index is -0.571. The summed E-state index contributed by atoms with van der Waals surface area (Å²) in [5, 5.41) is 4.46. The van der Waals surface area contributed by atoms with Crippen LogP contribution in [0.1, 0.15) is 43.2 Å². The van der Waals surface area contributed by atoms with Crippen LogP contribution in [-0.2, 0) is 22.5 Å². The van der Waals surface area contributed by atoms with Crippen LogP contribution in [0.3, 0.4) is 0 Å². The fraction of sp³-hybridized carbons (Fsp3) is 0.250. The number of amides is 1. The predicted molar refractivity (Wildman–Crippen MR) is 115 cm³/mol. The molecule has 2 heterocycles. The van der Waals surface area contributed by atoms with Gasteiger partial charge < -0.3 is 9.64 Å². The van der Waals surface area contributed by atoms with Crippen molar-refractivity contribution in [3.63, 3.8) is 0 Å². The molecule has 0 bridgehead atoms. The van der Waals surface area contributed by atoms with Crippen molar-refractivity contribution in [1.29, 1.82) is 0 Å². The first-order valence-electron chi connectivity index (χ1n) is 10.0. The van der Waals surface area contributed by atoms with Crippen molar-refractivity contribution < 1.29 is 19.1 Å². The Kier molecular flexibility index (Phi) is 5.42. The topological polar surface area (TPSA) is 81.5 Å². The lowest BCUT2D eigenvalue weighted by molar-refractivity contribution is -0.117. The van der Waals surface area contributed by atoms with Gasteiger partial charge in [0.1, 0.15) is 5.56 Å². The van der Waals surface area contributed by atoms with Crippen LogP contribution >= 0.6 is 0 Å². The monoisotopic (exact) mass is 417 g/mol. The Hall–Kier alpha value is -3.74. The normalized spacial score (nSPS) is 12.7. The molecule has 0 fully saturated rings. The van der Waals surface area contributed by atoms with E-state index in [1.54, 1.807) is 41.8 Å². The van der Waals surface area contributed by atoms with Crippen LogP contribution in [-0.4, -0.2) is 41.1 Å². The summed E-state index contributed by atoms with van der Waals surface area (Å²) >= 11 is 0. The van der Waals surface area contributed by atoms with E-state index in [4.69, 9.17) is 4.74 Å². The van der Waals surface area contributed by atoms with E-state index in [9.17, 15) is 14.4 Å². The molecule has 0 unspecified atom stereocenters. The summed E-state index contributed by atoms with van der Waals surface area (Å²) in [5.74, 6) is -0.895. The number of ether oxygens (including phenoxy) is 1. The molecule has 1 amide bonds. The van der Waals surface area contributed by atoms with Crippen LogP contribution in [0.4, 0.5) is 5.69 Å². The average Bonchev–Trinajstić information content (AvgIpc) is 3.20. The molecule has 1 aliphatic heterocycles. The number of carbonyl (C=O) groups excluding carboxylic acids is 3. The molecule has 158 valence electrons. The van der Waals surface area contributed by atoms with E-state index in [0.717, 1.165) is 16.8 Å². The molecule has 0 spiro atoms. The van der Waals surface area contributed by atoms with Crippen LogP contribution in [0, 0.1) is 13.8 Å². The molecule has 31 heavy (non-hydrogen) atoms. The van der Waals surface area contributed by atoms with Crippen molar-refractivity contribution in [3.8, 4) is 0 Å². The van der Waals surface area contributed by atoms with Gasteiger partial charge in [0, 0.05) is 18.3 Å². The number of nitrogens with zero attached hydrogens (tertiary/aromatic N) is 3. The number of carbonyl (C=O) groups is 3. The maximum atomic E-state index is 12.7. The smallest absolute Gasteiger partial charge is 0.342 e. The molecule has 0 saturated carbocycles. The molecular formula is C24H23N3O4. The number of hydrogen-bond donors (Lipinski definition) is 0. The fourth-order valence-electron chi connectivity index (χ4n) is 3.83. The molecule has 4 rings (SSSR count). The zero-order valence-corrected chi connectivity index (χ0v) is 17.7. The van der Waals surface area contributed by atoms with Gasteiger partial charge in [-0.2, -0.15) is 5.10 Å². The largest absolute Gasteiger partial charge is 0.454 e. The maximum absolute atomic E-state index is 12.7. The zero-order chi connectivity index (χ0) is 22.1. The summed E-state index contributed by atoms with van der Waals surface area (Å²) in [4.78, 5) is 38.6. The number of aromatic nitrogens is 2. The Balaban J connectivity index is 1.44. The Morgan fingerprint density at radius 1 is 1.10 bits per heavy atom. The van der Waals surface area contributed by atoms with E-state index in [0.29, 0.717) is 29.1 Å². The lowest BCUT2D eigenvalue weighted by atomic mass is 10.1. The molecular weight excluding hydrogens is 394 g/mol. The van der Waals surface area contributed by atoms with Gasteiger partial charge in [0.15, 0.2) is 12.4 Å². The molecule has 3 aromatic rings. The van der Waals surface area contributed by atoms with E-state index in [-0.39, 0.29) is 24.7 Å². The number of aryl methyl sites for hydroxylation is 1. The highest BCUT2D eigenvalue weighted by molar-refractivity contribution is 6.04. The summed E-state index contributed by atoms with van der Waals surface area (Å²) in [7, 11) is 1.71. The van der Waals surface area contributed by atoms with Crippen LogP contribution in [0.5, 0.6) is 0 Å². The van der Waals surface area contributed by atoms with E-state index >= 15 is 0 Å². The van der Waals surface area contributed by atoms with Crippen molar-refractivity contribution in [2.45, 2.75) is 26.8 Å². The van der Waals surface area contributed by atoms with Gasteiger partial charge in [-0.05, 0) is 43.2 Å². The second-order valence-corrected chi connectivity index (χ2v) is 7.66. The van der Waals surface area contributed by atoms with Gasteiger partial charge in [-0.15, -0.1) is 0 Å². The Morgan fingerprint density at radius 3 is 2.58 bits per heavy atom. The van der Waals surface area contributed by atoms with Gasteiger partial charge >= 0.3 is 5.97 Å². The van der Waals surface area contributed by atoms with Crippen LogP contribution in [0.2, 0.25) is 0 Å². The molecule has 7 heteroatoms. The molecule has 1 aliphatic rings. The molecule has 1 aromatic heterocycles. The van der Waals surface area contributed by atoms with Crippen LogP contribution < -0.4 is 4.90 Å². The maximum Gasteiger partial charge on any atom is 0.342 e. The third-order valence-corrected chi connectivity index (χ3v) is 5.57. The number of anilines is 1. The highest BCUT2D eigenvalue weighted by atomic mass is 16.5. The Labute approximate surface area is 180 Å². The van der Waals surface area contributed by atoms with Gasteiger partial charge in [-0.25, -0.2) is 4.79 Å². The number of ketones is 1. The van der Waals surface area contributed by atoms with E-state index < -0.39 is 5.97 Å². The van der Waals surface area contributed by atoms with Crippen molar-refractivity contribution in [2.24, 2.45) is 0 Å². The Morgan fingerprint density at radius 2 is 1.84 bits per heavy atom. The molecule has 0 radical (unpaired) electrons. The van der Waals surface area contributed by atoms with Gasteiger partial charge in [0.05, 0.1) is 24.4 Å². The summed E-state index contributed by atoms with van der Waals surface area (Å²) in [6.07, 6.45) is 0.270. The number of esters is 1. The quantitative estimate of drug-likeness (QED) is 0.455. The van der Waals surface area contributed by atoms with E-state index in [1.165, 1.54) is 0 Å². The number of benzene rings is 2. The predicted octanol–water partition coefficient (Wildman–Crippen LogP) is 3.11. The minimum absolute atomic E-state index is 0.00973. The van der Waals surface area contributed by atoms with Gasteiger partial charge in [0.2, 0.25) is 5.91 Å².